The molecule has 0 heterocycles. The second kappa shape index (κ2) is 15.7. The third-order valence-corrected chi connectivity index (χ3v) is 8.75. The minimum Gasteiger partial charge on any atom is -0.497 e. The van der Waals surface area contributed by atoms with Crippen LogP contribution in [0.5, 0.6) is 5.75 Å². The Labute approximate surface area is 238 Å². The Morgan fingerprint density at radius 3 is 2.42 bits per heavy atom. The predicted octanol–water partition coefficient (Wildman–Crippen LogP) is 3.87. The monoisotopic (exact) mass is 569 g/mol. The van der Waals surface area contributed by atoms with E-state index < -0.39 is 28.1 Å². The molecule has 3 rings (SSSR count). The maximum atomic E-state index is 13.0. The van der Waals surface area contributed by atoms with Gasteiger partial charge in [-0.15, -0.1) is 0 Å². The van der Waals surface area contributed by atoms with Gasteiger partial charge in [-0.1, -0.05) is 68.4 Å². The fourth-order valence-electron chi connectivity index (χ4n) is 4.80. The summed E-state index contributed by atoms with van der Waals surface area (Å²) in [4.78, 5) is 13.0. The largest absolute Gasteiger partial charge is 0.497 e. The van der Waals surface area contributed by atoms with Crippen molar-refractivity contribution in [2.75, 3.05) is 32.5 Å². The minimum atomic E-state index is -3.55. The molecule has 0 fully saturated rings. The van der Waals surface area contributed by atoms with Crippen molar-refractivity contribution in [1.29, 1.82) is 0 Å². The second-order valence-corrected chi connectivity index (χ2v) is 12.1. The van der Waals surface area contributed by atoms with Crippen molar-refractivity contribution in [3.8, 4) is 5.75 Å². The van der Waals surface area contributed by atoms with Crippen LogP contribution in [0.1, 0.15) is 44.2 Å². The number of fused-ring (bicyclic) bond motifs is 1. The van der Waals surface area contributed by atoms with E-state index in [1.807, 2.05) is 80.6 Å². The van der Waals surface area contributed by atoms with E-state index in [1.54, 1.807) is 7.11 Å². The van der Waals surface area contributed by atoms with Gasteiger partial charge < -0.3 is 20.5 Å². The van der Waals surface area contributed by atoms with Gasteiger partial charge in [-0.3, -0.25) is 4.79 Å². The van der Waals surface area contributed by atoms with Crippen molar-refractivity contribution in [3.63, 3.8) is 0 Å². The lowest BCUT2D eigenvalue weighted by Gasteiger charge is -2.26. The number of benzene rings is 3. The molecule has 9 heteroatoms. The molecule has 3 N–H and O–H groups in total. The molecule has 0 aliphatic carbocycles. The number of nitrogens with zero attached hydrogens (tertiary/aromatic N) is 1. The molecule has 3 aromatic carbocycles. The number of aliphatic hydroxyl groups excluding tert-OH is 1. The molecule has 0 radical (unpaired) electrons. The normalized spacial score (nSPS) is 13.3. The number of hydrogen-bond acceptors (Lipinski definition) is 6. The molecule has 40 heavy (non-hydrogen) atoms. The molecule has 3 aromatic rings. The van der Waals surface area contributed by atoms with Crippen LogP contribution in [0.25, 0.3) is 10.8 Å². The Bertz CT molecular complexity index is 1320. The molecule has 0 aromatic heterocycles. The number of methoxy groups -OCH3 is 1. The van der Waals surface area contributed by atoms with E-state index in [4.69, 9.17) is 4.74 Å². The minimum absolute atomic E-state index is 0.164. The lowest BCUT2D eigenvalue weighted by molar-refractivity contribution is -0.122. The molecule has 0 saturated heterocycles. The predicted molar refractivity (Wildman–Crippen MR) is 161 cm³/mol. The maximum absolute atomic E-state index is 13.0. The highest BCUT2D eigenvalue weighted by Gasteiger charge is 2.25. The maximum Gasteiger partial charge on any atom is 0.221 e. The summed E-state index contributed by atoms with van der Waals surface area (Å²) in [5, 5.41) is 19.5. The van der Waals surface area contributed by atoms with Crippen molar-refractivity contribution in [2.24, 2.45) is 0 Å². The number of carbonyl (C=O) groups is 1. The molecule has 2 atom stereocenters. The SMILES string of the molecule is CCCN(CCC)S(=O)(=O)CCC(=O)N[C@@H](Cc1cccc2ccccc12)[C@H](O)CNCc1cccc(OC)c1. The average molecular weight is 570 g/mol. The summed E-state index contributed by atoms with van der Waals surface area (Å²) in [7, 11) is -1.93. The zero-order chi connectivity index (χ0) is 29.0. The van der Waals surface area contributed by atoms with Gasteiger partial charge in [0.1, 0.15) is 5.75 Å². The quantitative estimate of drug-likeness (QED) is 0.228. The Hall–Kier alpha value is -2.98. The van der Waals surface area contributed by atoms with Crippen molar-refractivity contribution < 1.29 is 23.1 Å². The number of hydrogen-bond donors (Lipinski definition) is 3. The van der Waals surface area contributed by atoms with Crippen LogP contribution in [-0.2, 0) is 27.8 Å². The van der Waals surface area contributed by atoms with E-state index in [9.17, 15) is 18.3 Å². The van der Waals surface area contributed by atoms with Gasteiger partial charge in [-0.25, -0.2) is 12.7 Å². The van der Waals surface area contributed by atoms with Gasteiger partial charge in [0.15, 0.2) is 0 Å². The fourth-order valence-corrected chi connectivity index (χ4v) is 6.42. The number of ether oxygens (including phenoxy) is 1. The summed E-state index contributed by atoms with van der Waals surface area (Å²) in [6.45, 7) is 5.52. The summed E-state index contributed by atoms with van der Waals surface area (Å²) < 4.78 is 32.5. The highest BCUT2D eigenvalue weighted by Crippen LogP contribution is 2.21. The number of sulfonamides is 1. The third kappa shape index (κ3) is 9.30. The molecule has 0 unspecified atom stereocenters. The Kier molecular flexibility index (Phi) is 12.4. The van der Waals surface area contributed by atoms with Crippen LogP contribution < -0.4 is 15.4 Å². The van der Waals surface area contributed by atoms with Crippen LogP contribution in [0.2, 0.25) is 0 Å². The van der Waals surface area contributed by atoms with Crippen LogP contribution in [0.15, 0.2) is 66.7 Å². The smallest absolute Gasteiger partial charge is 0.221 e. The summed E-state index contributed by atoms with van der Waals surface area (Å²) in [5.74, 6) is 0.102. The summed E-state index contributed by atoms with van der Waals surface area (Å²) >= 11 is 0. The van der Waals surface area contributed by atoms with Gasteiger partial charge in [0.05, 0.1) is 25.0 Å². The first-order valence-corrected chi connectivity index (χ1v) is 15.6. The lowest BCUT2D eigenvalue weighted by atomic mass is 9.96. The zero-order valence-electron chi connectivity index (χ0n) is 23.8. The highest BCUT2D eigenvalue weighted by molar-refractivity contribution is 7.89. The number of aliphatic hydroxyl groups is 1. The van der Waals surface area contributed by atoms with Crippen molar-refractivity contribution in [2.45, 2.75) is 58.2 Å². The van der Waals surface area contributed by atoms with Crippen LogP contribution in [0.4, 0.5) is 0 Å². The molecule has 8 nitrogen and oxygen atoms in total. The van der Waals surface area contributed by atoms with Crippen LogP contribution in [0, 0.1) is 0 Å². The topological polar surface area (TPSA) is 108 Å². The van der Waals surface area contributed by atoms with E-state index in [-0.39, 0.29) is 18.7 Å². The summed E-state index contributed by atoms with van der Waals surface area (Å²) in [5.41, 5.74) is 2.01. The molecule has 0 aliphatic rings. The van der Waals surface area contributed by atoms with E-state index >= 15 is 0 Å². The van der Waals surface area contributed by atoms with Gasteiger partial charge >= 0.3 is 0 Å². The van der Waals surface area contributed by atoms with E-state index in [0.29, 0.717) is 38.9 Å². The van der Waals surface area contributed by atoms with Gasteiger partial charge in [0, 0.05) is 32.6 Å². The third-order valence-electron chi connectivity index (χ3n) is 6.87. The van der Waals surface area contributed by atoms with Gasteiger partial charge in [0.25, 0.3) is 0 Å². The Morgan fingerprint density at radius 1 is 1.00 bits per heavy atom. The van der Waals surface area contributed by atoms with Crippen LogP contribution >= 0.6 is 0 Å². The molecule has 218 valence electrons. The number of amides is 1. The molecular weight excluding hydrogens is 526 g/mol. The highest BCUT2D eigenvalue weighted by atomic mass is 32.2. The fraction of sp³-hybridized carbons (Fsp3) is 0.452. The summed E-state index contributed by atoms with van der Waals surface area (Å²) in [6.07, 6.45) is 0.768. The second-order valence-electron chi connectivity index (χ2n) is 10.0. The zero-order valence-corrected chi connectivity index (χ0v) is 24.6. The van der Waals surface area contributed by atoms with E-state index in [2.05, 4.69) is 10.6 Å². The lowest BCUT2D eigenvalue weighted by Crippen LogP contribution is -2.49. The average Bonchev–Trinajstić information content (AvgIpc) is 2.96. The van der Waals surface area contributed by atoms with Crippen LogP contribution in [-0.4, -0.2) is 68.4 Å². The number of carbonyl (C=O) groups excluding carboxylic acids is 1. The van der Waals surface area contributed by atoms with Crippen molar-refractivity contribution in [1.82, 2.24) is 14.9 Å². The molecule has 0 bridgehead atoms. The first kappa shape index (κ1) is 31.5. The first-order chi connectivity index (χ1) is 19.3. The van der Waals surface area contributed by atoms with Gasteiger partial charge in [0.2, 0.25) is 15.9 Å². The molecule has 1 amide bonds. The first-order valence-electron chi connectivity index (χ1n) is 14.0. The van der Waals surface area contributed by atoms with Crippen molar-refractivity contribution in [3.05, 3.63) is 77.9 Å². The molecular formula is C31H43N3O5S. The molecule has 0 spiro atoms. The van der Waals surface area contributed by atoms with E-state index in [1.165, 1.54) is 4.31 Å². The summed E-state index contributed by atoms with van der Waals surface area (Å²) in [6, 6.07) is 21.1. The Balaban J connectivity index is 1.71. The van der Waals surface area contributed by atoms with Crippen LogP contribution in [0.3, 0.4) is 0 Å². The van der Waals surface area contributed by atoms with E-state index in [0.717, 1.165) is 27.6 Å². The molecule has 0 saturated carbocycles. The number of rotatable bonds is 17. The van der Waals surface area contributed by atoms with Gasteiger partial charge in [-0.2, -0.15) is 0 Å². The Morgan fingerprint density at radius 2 is 1.70 bits per heavy atom. The number of nitrogens with one attached hydrogen (secondary N) is 2. The van der Waals surface area contributed by atoms with Crippen molar-refractivity contribution >= 4 is 26.7 Å². The van der Waals surface area contributed by atoms with Gasteiger partial charge in [-0.05, 0) is 53.3 Å². The molecule has 0 aliphatic heterocycles. The standard InChI is InChI=1S/C31H43N3O5S/c1-4-17-34(18-5-2)40(37,38)19-16-31(36)33-29(21-26-13-9-12-25-11-6-7-15-28(25)26)30(35)23-32-22-24-10-8-14-27(20-24)39-3/h6-15,20,29-30,32,35H,4-5,16-19,21-23H2,1-3H3,(H,33,36)/t29-,30+/m0/s1.